The number of rotatable bonds is 4. The van der Waals surface area contributed by atoms with Gasteiger partial charge in [0, 0.05) is 15.9 Å². The van der Waals surface area contributed by atoms with Crippen LogP contribution in [-0.2, 0) is 0 Å². The lowest BCUT2D eigenvalue weighted by Crippen LogP contribution is -1.86. The number of allylic oxidation sites excluding steroid dienone is 1. The second kappa shape index (κ2) is 6.10. The SMILES string of the molecule is COc1ccc(Cl)cc1C=CCCBr. The van der Waals surface area contributed by atoms with Crippen molar-refractivity contribution < 1.29 is 4.74 Å². The van der Waals surface area contributed by atoms with Crippen LogP contribution in [0.25, 0.3) is 6.08 Å². The molecule has 0 atom stereocenters. The molecule has 0 heterocycles. The molecule has 0 spiro atoms. The van der Waals surface area contributed by atoms with Crippen molar-refractivity contribution in [3.8, 4) is 5.75 Å². The molecule has 0 radical (unpaired) electrons. The summed E-state index contributed by atoms with van der Waals surface area (Å²) in [5, 5.41) is 1.69. The van der Waals surface area contributed by atoms with Crippen molar-refractivity contribution in [2.45, 2.75) is 6.42 Å². The zero-order valence-electron chi connectivity index (χ0n) is 7.97. The molecule has 1 aromatic carbocycles. The van der Waals surface area contributed by atoms with Crippen molar-refractivity contribution in [2.24, 2.45) is 0 Å². The van der Waals surface area contributed by atoms with Crippen LogP contribution in [0, 0.1) is 0 Å². The Morgan fingerprint density at radius 3 is 2.93 bits per heavy atom. The maximum Gasteiger partial charge on any atom is 0.126 e. The van der Waals surface area contributed by atoms with E-state index in [-0.39, 0.29) is 0 Å². The van der Waals surface area contributed by atoms with Crippen LogP contribution in [0.15, 0.2) is 24.3 Å². The fourth-order valence-corrected chi connectivity index (χ4v) is 1.55. The summed E-state index contributed by atoms with van der Waals surface area (Å²) in [6.07, 6.45) is 5.10. The Morgan fingerprint density at radius 2 is 2.29 bits per heavy atom. The van der Waals surface area contributed by atoms with E-state index < -0.39 is 0 Å². The molecule has 1 rings (SSSR count). The number of halogens is 2. The molecular weight excluding hydrogens is 263 g/mol. The Bertz CT molecular complexity index is 323. The van der Waals surface area contributed by atoms with Crippen LogP contribution in [0.2, 0.25) is 5.02 Å². The van der Waals surface area contributed by atoms with Gasteiger partial charge < -0.3 is 4.74 Å². The van der Waals surface area contributed by atoms with Crippen molar-refractivity contribution in [1.29, 1.82) is 0 Å². The molecule has 0 aliphatic rings. The molecule has 3 heteroatoms. The first-order chi connectivity index (χ1) is 6.77. The van der Waals surface area contributed by atoms with Gasteiger partial charge in [-0.25, -0.2) is 0 Å². The lowest BCUT2D eigenvalue weighted by molar-refractivity contribution is 0.414. The summed E-state index contributed by atoms with van der Waals surface area (Å²) < 4.78 is 5.21. The van der Waals surface area contributed by atoms with Crippen LogP contribution >= 0.6 is 27.5 Å². The summed E-state index contributed by atoms with van der Waals surface area (Å²) in [6, 6.07) is 5.59. The highest BCUT2D eigenvalue weighted by Gasteiger charge is 1.99. The van der Waals surface area contributed by atoms with E-state index in [2.05, 4.69) is 22.0 Å². The molecule has 0 N–H and O–H groups in total. The second-order valence-corrected chi connectivity index (χ2v) is 4.00. The van der Waals surface area contributed by atoms with Gasteiger partial charge in [0.15, 0.2) is 0 Å². The lowest BCUT2D eigenvalue weighted by Gasteiger charge is -2.04. The first kappa shape index (κ1) is 11.6. The van der Waals surface area contributed by atoms with Gasteiger partial charge in [0.2, 0.25) is 0 Å². The summed E-state index contributed by atoms with van der Waals surface area (Å²) in [5.74, 6) is 0.847. The molecule has 1 nitrogen and oxygen atoms in total. The number of ether oxygens (including phenoxy) is 1. The van der Waals surface area contributed by atoms with Crippen molar-refractivity contribution >= 4 is 33.6 Å². The van der Waals surface area contributed by atoms with Gasteiger partial charge in [0.25, 0.3) is 0 Å². The van der Waals surface area contributed by atoms with E-state index >= 15 is 0 Å². The van der Waals surface area contributed by atoms with Crippen molar-refractivity contribution in [1.82, 2.24) is 0 Å². The van der Waals surface area contributed by atoms with Crippen LogP contribution < -0.4 is 4.74 Å². The maximum absolute atomic E-state index is 5.89. The van der Waals surface area contributed by atoms with E-state index in [0.29, 0.717) is 0 Å². The fourth-order valence-electron chi connectivity index (χ4n) is 1.11. The quantitative estimate of drug-likeness (QED) is 0.750. The number of hydrogen-bond donors (Lipinski definition) is 0. The largest absolute Gasteiger partial charge is 0.496 e. The number of benzene rings is 1. The highest BCUT2D eigenvalue weighted by atomic mass is 79.9. The van der Waals surface area contributed by atoms with Gasteiger partial charge in [-0.05, 0) is 24.6 Å². The third-order valence-corrected chi connectivity index (χ3v) is 2.46. The Kier molecular flexibility index (Phi) is 5.05. The Hall–Kier alpha value is -0.470. The zero-order chi connectivity index (χ0) is 10.4. The highest BCUT2D eigenvalue weighted by Crippen LogP contribution is 2.23. The average molecular weight is 276 g/mol. The Labute approximate surface area is 97.9 Å². The molecule has 0 amide bonds. The first-order valence-electron chi connectivity index (χ1n) is 4.34. The first-order valence-corrected chi connectivity index (χ1v) is 5.84. The Balaban J connectivity index is 2.87. The molecule has 0 aliphatic carbocycles. The fraction of sp³-hybridized carbons (Fsp3) is 0.273. The molecule has 76 valence electrons. The van der Waals surface area contributed by atoms with Gasteiger partial charge in [-0.1, -0.05) is 39.7 Å². The minimum Gasteiger partial charge on any atom is -0.496 e. The van der Waals surface area contributed by atoms with Crippen LogP contribution in [-0.4, -0.2) is 12.4 Å². The number of alkyl halides is 1. The molecular formula is C11H12BrClO. The van der Waals surface area contributed by atoms with Gasteiger partial charge in [0.05, 0.1) is 7.11 Å². The molecule has 0 saturated carbocycles. The summed E-state index contributed by atoms with van der Waals surface area (Å²) in [4.78, 5) is 0. The van der Waals surface area contributed by atoms with Gasteiger partial charge in [-0.2, -0.15) is 0 Å². The van der Waals surface area contributed by atoms with E-state index in [1.807, 2.05) is 24.3 Å². The number of methoxy groups -OCH3 is 1. The van der Waals surface area contributed by atoms with E-state index in [9.17, 15) is 0 Å². The van der Waals surface area contributed by atoms with Gasteiger partial charge in [-0.3, -0.25) is 0 Å². The van der Waals surface area contributed by atoms with Crippen LogP contribution in [0.5, 0.6) is 5.75 Å². The van der Waals surface area contributed by atoms with Gasteiger partial charge in [-0.15, -0.1) is 0 Å². The van der Waals surface area contributed by atoms with E-state index in [1.54, 1.807) is 7.11 Å². The second-order valence-electron chi connectivity index (χ2n) is 2.77. The van der Waals surface area contributed by atoms with Crippen LogP contribution in [0.4, 0.5) is 0 Å². The number of hydrogen-bond acceptors (Lipinski definition) is 1. The molecule has 0 bridgehead atoms. The smallest absolute Gasteiger partial charge is 0.126 e. The van der Waals surface area contributed by atoms with Crippen LogP contribution in [0.3, 0.4) is 0 Å². The minimum absolute atomic E-state index is 0.726. The lowest BCUT2D eigenvalue weighted by atomic mass is 10.2. The molecule has 0 aromatic heterocycles. The Morgan fingerprint density at radius 1 is 1.50 bits per heavy atom. The van der Waals surface area contributed by atoms with Crippen molar-refractivity contribution in [3.05, 3.63) is 34.9 Å². The summed E-state index contributed by atoms with van der Waals surface area (Å²) in [6.45, 7) is 0. The predicted octanol–water partition coefficient (Wildman–Crippen LogP) is 4.15. The third-order valence-electron chi connectivity index (χ3n) is 1.76. The van der Waals surface area contributed by atoms with E-state index in [4.69, 9.17) is 16.3 Å². The summed E-state index contributed by atoms with van der Waals surface area (Å²) in [5.41, 5.74) is 1.01. The van der Waals surface area contributed by atoms with E-state index in [1.165, 1.54) is 0 Å². The van der Waals surface area contributed by atoms with E-state index in [0.717, 1.165) is 28.1 Å². The topological polar surface area (TPSA) is 9.23 Å². The molecule has 1 aromatic rings. The van der Waals surface area contributed by atoms with Gasteiger partial charge in [0.1, 0.15) is 5.75 Å². The monoisotopic (exact) mass is 274 g/mol. The average Bonchev–Trinajstić information content (AvgIpc) is 2.19. The molecule has 0 unspecified atom stereocenters. The maximum atomic E-state index is 5.89. The molecule has 0 saturated heterocycles. The normalized spacial score (nSPS) is 10.8. The third kappa shape index (κ3) is 3.35. The molecule has 0 aliphatic heterocycles. The zero-order valence-corrected chi connectivity index (χ0v) is 10.3. The predicted molar refractivity (Wildman–Crippen MR) is 65.4 cm³/mol. The van der Waals surface area contributed by atoms with Crippen LogP contribution in [0.1, 0.15) is 12.0 Å². The van der Waals surface area contributed by atoms with Gasteiger partial charge >= 0.3 is 0 Å². The molecule has 0 fully saturated rings. The standard InChI is InChI=1S/C11H12BrClO/c1-14-11-6-5-10(13)8-9(11)4-2-3-7-12/h2,4-6,8H,3,7H2,1H3. The highest BCUT2D eigenvalue weighted by molar-refractivity contribution is 9.09. The summed E-state index contributed by atoms with van der Waals surface area (Å²) in [7, 11) is 1.66. The minimum atomic E-state index is 0.726. The summed E-state index contributed by atoms with van der Waals surface area (Å²) >= 11 is 9.25. The molecule has 14 heavy (non-hydrogen) atoms. The van der Waals surface area contributed by atoms with Crippen molar-refractivity contribution in [3.63, 3.8) is 0 Å². The van der Waals surface area contributed by atoms with Crippen molar-refractivity contribution in [2.75, 3.05) is 12.4 Å².